The summed E-state index contributed by atoms with van der Waals surface area (Å²) in [5.74, 6) is 2.31. The number of fused-ring (bicyclic) bond motifs is 1. The standard InChI is InChI=1S/C25H33N5O2/c1-6-20-21-24(32)28-22(16-9-13-19(14-10-16)26-15(2)31)29-30(21)23(27-20)17-7-11-18(12-8-17)25(3,4)5/h9-10,13-14,17-18H,6-8,11-12H2,1-5H3,(H,26,31)(H,28,29,32)/t17-,18+. The van der Waals surface area contributed by atoms with Crippen LogP contribution in [0.5, 0.6) is 0 Å². The van der Waals surface area contributed by atoms with Gasteiger partial charge in [0.2, 0.25) is 5.91 Å². The molecule has 32 heavy (non-hydrogen) atoms. The molecule has 1 fully saturated rings. The molecule has 0 aliphatic heterocycles. The molecule has 2 N–H and O–H groups in total. The Hall–Kier alpha value is -2.96. The highest BCUT2D eigenvalue weighted by Crippen LogP contribution is 2.43. The molecular formula is C25H33N5O2. The van der Waals surface area contributed by atoms with Gasteiger partial charge in [0, 0.05) is 24.1 Å². The lowest BCUT2D eigenvalue weighted by Crippen LogP contribution is -2.26. The van der Waals surface area contributed by atoms with Gasteiger partial charge in [-0.25, -0.2) is 9.50 Å². The fraction of sp³-hybridized carbons (Fsp3) is 0.520. The largest absolute Gasteiger partial charge is 0.326 e. The Kier molecular flexibility index (Phi) is 5.93. The van der Waals surface area contributed by atoms with Gasteiger partial charge in [-0.3, -0.25) is 9.59 Å². The molecule has 170 valence electrons. The van der Waals surface area contributed by atoms with Gasteiger partial charge in [-0.15, -0.1) is 5.10 Å². The highest BCUT2D eigenvalue weighted by molar-refractivity contribution is 5.88. The van der Waals surface area contributed by atoms with Crippen molar-refractivity contribution in [2.75, 3.05) is 5.32 Å². The minimum absolute atomic E-state index is 0.123. The Bertz CT molecular complexity index is 1180. The molecule has 7 nitrogen and oxygen atoms in total. The Morgan fingerprint density at radius 3 is 2.38 bits per heavy atom. The molecule has 1 aliphatic rings. The van der Waals surface area contributed by atoms with Crippen LogP contribution in [0.15, 0.2) is 29.1 Å². The second-order valence-corrected chi connectivity index (χ2v) is 10.0. The molecule has 2 aromatic heterocycles. The number of amides is 1. The second kappa shape index (κ2) is 8.52. The highest BCUT2D eigenvalue weighted by Gasteiger charge is 2.32. The number of nitrogens with one attached hydrogen (secondary N) is 2. The van der Waals surface area contributed by atoms with Crippen molar-refractivity contribution in [2.45, 2.75) is 72.6 Å². The highest BCUT2D eigenvalue weighted by atomic mass is 16.1. The molecule has 1 aromatic carbocycles. The van der Waals surface area contributed by atoms with Crippen LogP contribution in [-0.4, -0.2) is 25.5 Å². The molecular weight excluding hydrogens is 402 g/mol. The average Bonchev–Trinajstić information content (AvgIpc) is 3.12. The summed E-state index contributed by atoms with van der Waals surface area (Å²) in [4.78, 5) is 32.1. The van der Waals surface area contributed by atoms with Gasteiger partial charge < -0.3 is 10.3 Å². The van der Waals surface area contributed by atoms with Crippen LogP contribution in [-0.2, 0) is 11.2 Å². The number of nitrogens with zero attached hydrogens (tertiary/aromatic N) is 3. The monoisotopic (exact) mass is 435 g/mol. The first-order valence-electron chi connectivity index (χ1n) is 11.6. The number of benzene rings is 1. The van der Waals surface area contributed by atoms with Gasteiger partial charge in [0.05, 0.1) is 5.69 Å². The van der Waals surface area contributed by atoms with E-state index in [1.165, 1.54) is 19.8 Å². The number of carbonyl (C=O) groups is 1. The van der Waals surface area contributed by atoms with Gasteiger partial charge in [0.25, 0.3) is 5.56 Å². The van der Waals surface area contributed by atoms with Gasteiger partial charge in [-0.05, 0) is 67.7 Å². The van der Waals surface area contributed by atoms with E-state index in [0.29, 0.717) is 40.7 Å². The molecule has 1 amide bonds. The predicted octanol–water partition coefficient (Wildman–Crippen LogP) is 4.93. The zero-order valence-corrected chi connectivity index (χ0v) is 19.7. The summed E-state index contributed by atoms with van der Waals surface area (Å²) in [6.45, 7) is 10.5. The van der Waals surface area contributed by atoms with Gasteiger partial charge >= 0.3 is 0 Å². The molecule has 0 radical (unpaired) electrons. The summed E-state index contributed by atoms with van der Waals surface area (Å²) in [6, 6.07) is 7.31. The van der Waals surface area contributed by atoms with Crippen molar-refractivity contribution in [3.05, 3.63) is 46.1 Å². The van der Waals surface area contributed by atoms with Crippen LogP contribution in [0.2, 0.25) is 0 Å². The van der Waals surface area contributed by atoms with Crippen LogP contribution >= 0.6 is 0 Å². The zero-order valence-electron chi connectivity index (χ0n) is 19.7. The lowest BCUT2D eigenvalue weighted by atomic mass is 9.70. The molecule has 0 saturated heterocycles. The van der Waals surface area contributed by atoms with E-state index in [-0.39, 0.29) is 11.5 Å². The first-order valence-corrected chi connectivity index (χ1v) is 11.6. The number of H-pyrrole nitrogens is 1. The van der Waals surface area contributed by atoms with E-state index in [4.69, 9.17) is 10.1 Å². The van der Waals surface area contributed by atoms with E-state index in [9.17, 15) is 9.59 Å². The van der Waals surface area contributed by atoms with Gasteiger partial charge in [0.1, 0.15) is 5.82 Å². The Morgan fingerprint density at radius 1 is 1.16 bits per heavy atom. The molecule has 1 saturated carbocycles. The van der Waals surface area contributed by atoms with Crippen LogP contribution in [0.4, 0.5) is 5.69 Å². The molecule has 0 bridgehead atoms. The number of aromatic nitrogens is 4. The van der Waals surface area contributed by atoms with E-state index in [1.807, 2.05) is 19.1 Å². The van der Waals surface area contributed by atoms with Crippen molar-refractivity contribution < 1.29 is 4.79 Å². The van der Waals surface area contributed by atoms with Crippen LogP contribution in [0.1, 0.15) is 77.7 Å². The van der Waals surface area contributed by atoms with Gasteiger partial charge in [0.15, 0.2) is 11.3 Å². The van der Waals surface area contributed by atoms with Crippen LogP contribution in [0, 0.1) is 11.3 Å². The maximum Gasteiger partial charge on any atom is 0.277 e. The third-order valence-electron chi connectivity index (χ3n) is 6.73. The summed E-state index contributed by atoms with van der Waals surface area (Å²) in [5, 5.41) is 7.57. The van der Waals surface area contributed by atoms with Crippen molar-refractivity contribution in [3.63, 3.8) is 0 Å². The van der Waals surface area contributed by atoms with E-state index in [1.54, 1.807) is 16.6 Å². The minimum Gasteiger partial charge on any atom is -0.326 e. The fourth-order valence-electron chi connectivity index (χ4n) is 4.87. The first-order chi connectivity index (χ1) is 15.2. The maximum atomic E-state index is 13.0. The summed E-state index contributed by atoms with van der Waals surface area (Å²) in [6.07, 6.45) is 5.17. The minimum atomic E-state index is -0.167. The molecule has 3 aromatic rings. The van der Waals surface area contributed by atoms with Crippen molar-refractivity contribution in [2.24, 2.45) is 11.3 Å². The Labute approximate surface area is 188 Å². The molecule has 4 rings (SSSR count). The SMILES string of the molecule is CCc1nc([C@H]2CC[C@@H](C(C)(C)C)CC2)n2nc(-c3ccc(NC(C)=O)cc3)[nH]c(=O)c12. The van der Waals surface area contributed by atoms with Gasteiger partial charge in [-0.2, -0.15) is 0 Å². The quantitative estimate of drug-likeness (QED) is 0.608. The third-order valence-corrected chi connectivity index (χ3v) is 6.73. The number of hydrogen-bond acceptors (Lipinski definition) is 4. The number of hydrogen-bond donors (Lipinski definition) is 2. The lowest BCUT2D eigenvalue weighted by Gasteiger charge is -2.36. The number of aryl methyl sites for hydroxylation is 1. The van der Waals surface area contributed by atoms with Crippen LogP contribution in [0.3, 0.4) is 0 Å². The van der Waals surface area contributed by atoms with Crippen molar-refractivity contribution in [1.29, 1.82) is 0 Å². The molecule has 0 unspecified atom stereocenters. The van der Waals surface area contributed by atoms with E-state index < -0.39 is 0 Å². The number of anilines is 1. The lowest BCUT2D eigenvalue weighted by molar-refractivity contribution is -0.114. The summed E-state index contributed by atoms with van der Waals surface area (Å²) < 4.78 is 1.79. The first kappa shape index (κ1) is 22.2. The molecule has 0 atom stereocenters. The Morgan fingerprint density at radius 2 is 1.81 bits per heavy atom. The topological polar surface area (TPSA) is 92.2 Å². The summed E-state index contributed by atoms with van der Waals surface area (Å²) >= 11 is 0. The number of rotatable bonds is 4. The number of imidazole rings is 1. The second-order valence-electron chi connectivity index (χ2n) is 10.0. The Balaban J connectivity index is 1.71. The van der Waals surface area contributed by atoms with Crippen LogP contribution in [0.25, 0.3) is 16.9 Å². The molecule has 2 heterocycles. The molecule has 7 heteroatoms. The number of carbonyl (C=O) groups excluding carboxylic acids is 1. The zero-order chi connectivity index (χ0) is 23.0. The van der Waals surface area contributed by atoms with E-state index >= 15 is 0 Å². The molecule has 0 spiro atoms. The van der Waals surface area contributed by atoms with E-state index in [0.717, 1.165) is 29.9 Å². The smallest absolute Gasteiger partial charge is 0.277 e. The van der Waals surface area contributed by atoms with Crippen molar-refractivity contribution in [1.82, 2.24) is 19.6 Å². The summed E-state index contributed by atoms with van der Waals surface area (Å²) in [5.41, 5.74) is 3.00. The normalized spacial score (nSPS) is 19.3. The number of aromatic amines is 1. The van der Waals surface area contributed by atoms with Crippen molar-refractivity contribution >= 4 is 17.1 Å². The fourth-order valence-corrected chi connectivity index (χ4v) is 4.87. The van der Waals surface area contributed by atoms with E-state index in [2.05, 4.69) is 31.1 Å². The van der Waals surface area contributed by atoms with Gasteiger partial charge in [-0.1, -0.05) is 27.7 Å². The predicted molar refractivity (Wildman–Crippen MR) is 127 cm³/mol. The van der Waals surface area contributed by atoms with Crippen molar-refractivity contribution in [3.8, 4) is 11.4 Å². The van der Waals surface area contributed by atoms with Crippen LogP contribution < -0.4 is 10.9 Å². The average molecular weight is 436 g/mol. The third kappa shape index (κ3) is 4.33. The summed E-state index contributed by atoms with van der Waals surface area (Å²) in [7, 11) is 0. The molecule has 1 aliphatic carbocycles. The maximum absolute atomic E-state index is 13.0.